The van der Waals surface area contributed by atoms with Crippen molar-refractivity contribution in [3.05, 3.63) is 35.4 Å². The molecule has 0 saturated heterocycles. The van der Waals surface area contributed by atoms with Crippen LogP contribution >= 0.6 is 0 Å². The van der Waals surface area contributed by atoms with Crippen LogP contribution in [0.4, 0.5) is 8.78 Å². The Morgan fingerprint density at radius 2 is 2.00 bits per heavy atom. The predicted octanol–water partition coefficient (Wildman–Crippen LogP) is 3.43. The van der Waals surface area contributed by atoms with Crippen molar-refractivity contribution in [3.63, 3.8) is 0 Å². The van der Waals surface area contributed by atoms with Crippen LogP contribution < -0.4 is 5.32 Å². The van der Waals surface area contributed by atoms with Gasteiger partial charge in [-0.25, -0.2) is 8.78 Å². The van der Waals surface area contributed by atoms with E-state index in [1.165, 1.54) is 37.5 Å². The maximum absolute atomic E-state index is 13.7. The van der Waals surface area contributed by atoms with Gasteiger partial charge in [0.2, 0.25) is 0 Å². The maximum Gasteiger partial charge on any atom is 0.126 e. The molecule has 2 aliphatic rings. The Morgan fingerprint density at radius 3 is 2.61 bits per heavy atom. The molecule has 1 aromatic rings. The van der Waals surface area contributed by atoms with E-state index in [-0.39, 0.29) is 17.0 Å². The van der Waals surface area contributed by atoms with Crippen molar-refractivity contribution in [2.75, 3.05) is 6.54 Å². The van der Waals surface area contributed by atoms with Crippen molar-refractivity contribution in [2.45, 2.75) is 44.6 Å². The Morgan fingerprint density at radius 1 is 1.22 bits per heavy atom. The number of rotatable bonds is 5. The highest BCUT2D eigenvalue weighted by molar-refractivity contribution is 5.21. The lowest BCUT2D eigenvalue weighted by Crippen LogP contribution is -2.42. The maximum atomic E-state index is 13.7. The molecule has 18 heavy (non-hydrogen) atoms. The van der Waals surface area contributed by atoms with Crippen molar-refractivity contribution in [1.82, 2.24) is 5.32 Å². The third-order valence-electron chi connectivity index (χ3n) is 4.33. The summed E-state index contributed by atoms with van der Waals surface area (Å²) in [5.41, 5.74) is 0.698. The lowest BCUT2D eigenvalue weighted by atomic mass is 9.65. The van der Waals surface area contributed by atoms with Gasteiger partial charge in [0.05, 0.1) is 0 Å². The third kappa shape index (κ3) is 2.56. The highest BCUT2D eigenvalue weighted by Gasteiger charge is 2.38. The first kappa shape index (κ1) is 12.1. The van der Waals surface area contributed by atoms with E-state index >= 15 is 0 Å². The summed E-state index contributed by atoms with van der Waals surface area (Å²) < 4.78 is 26.9. The van der Waals surface area contributed by atoms with E-state index in [0.717, 1.165) is 19.4 Å². The van der Waals surface area contributed by atoms with Crippen LogP contribution in [0.1, 0.15) is 37.7 Å². The topological polar surface area (TPSA) is 12.0 Å². The van der Waals surface area contributed by atoms with Gasteiger partial charge < -0.3 is 5.32 Å². The zero-order valence-electron chi connectivity index (χ0n) is 10.5. The summed E-state index contributed by atoms with van der Waals surface area (Å²) in [6.45, 7) is 0.952. The van der Waals surface area contributed by atoms with Crippen LogP contribution in [-0.2, 0) is 6.42 Å². The fourth-order valence-corrected chi connectivity index (χ4v) is 2.82. The second kappa shape index (κ2) is 4.61. The molecule has 0 aromatic heterocycles. The molecule has 0 amide bonds. The lowest BCUT2D eigenvalue weighted by molar-refractivity contribution is 0.128. The van der Waals surface area contributed by atoms with E-state index in [0.29, 0.717) is 18.0 Å². The zero-order chi connectivity index (χ0) is 12.6. The van der Waals surface area contributed by atoms with Crippen LogP contribution in [0.15, 0.2) is 18.2 Å². The first-order chi connectivity index (χ1) is 8.67. The van der Waals surface area contributed by atoms with Gasteiger partial charge >= 0.3 is 0 Å². The molecule has 0 spiro atoms. The Kier molecular flexibility index (Phi) is 3.10. The van der Waals surface area contributed by atoms with Crippen molar-refractivity contribution in [2.24, 2.45) is 5.41 Å². The summed E-state index contributed by atoms with van der Waals surface area (Å²) in [6, 6.07) is 4.46. The molecule has 0 bridgehead atoms. The summed E-state index contributed by atoms with van der Waals surface area (Å²) in [4.78, 5) is 0. The second-order valence-electron chi connectivity index (χ2n) is 5.92. The van der Waals surface area contributed by atoms with Crippen LogP contribution in [-0.4, -0.2) is 12.6 Å². The minimum absolute atomic E-state index is 0.164. The number of hydrogen-bond donors (Lipinski definition) is 1. The summed E-state index contributed by atoms with van der Waals surface area (Å²) in [5, 5.41) is 3.54. The highest BCUT2D eigenvalue weighted by Crippen LogP contribution is 2.44. The van der Waals surface area contributed by atoms with E-state index in [1.54, 1.807) is 0 Å². The fraction of sp³-hybridized carbons (Fsp3) is 0.600. The van der Waals surface area contributed by atoms with Gasteiger partial charge in [-0.1, -0.05) is 6.42 Å². The molecule has 0 radical (unpaired) electrons. The summed E-state index contributed by atoms with van der Waals surface area (Å²) in [7, 11) is 0. The summed E-state index contributed by atoms with van der Waals surface area (Å²) in [6.07, 6.45) is 6.67. The average molecular weight is 251 g/mol. The predicted molar refractivity (Wildman–Crippen MR) is 67.4 cm³/mol. The van der Waals surface area contributed by atoms with Gasteiger partial charge in [0.15, 0.2) is 0 Å². The molecule has 0 heterocycles. The number of benzene rings is 1. The van der Waals surface area contributed by atoms with E-state index in [1.807, 2.05) is 0 Å². The SMILES string of the molecule is Fc1ccc(F)c(CC2(CNC3CC3)CCC2)c1. The van der Waals surface area contributed by atoms with Crippen molar-refractivity contribution >= 4 is 0 Å². The number of hydrogen-bond acceptors (Lipinski definition) is 1. The molecule has 98 valence electrons. The standard InChI is InChI=1S/C15H19F2N/c16-12-2-5-14(17)11(8-12)9-15(6-1-7-15)10-18-13-3-4-13/h2,5,8,13,18H,1,3-4,6-7,9-10H2. The van der Waals surface area contributed by atoms with E-state index in [2.05, 4.69) is 5.32 Å². The molecule has 1 nitrogen and oxygen atoms in total. The monoisotopic (exact) mass is 251 g/mol. The van der Waals surface area contributed by atoms with Gasteiger partial charge in [0.25, 0.3) is 0 Å². The first-order valence-corrected chi connectivity index (χ1v) is 6.84. The van der Waals surface area contributed by atoms with Crippen molar-refractivity contribution in [3.8, 4) is 0 Å². The van der Waals surface area contributed by atoms with Crippen LogP contribution in [0.3, 0.4) is 0 Å². The molecular weight excluding hydrogens is 232 g/mol. The minimum Gasteiger partial charge on any atom is -0.313 e. The first-order valence-electron chi connectivity index (χ1n) is 6.84. The Labute approximate surface area is 107 Å². The Bertz CT molecular complexity index is 436. The lowest BCUT2D eigenvalue weighted by Gasteiger charge is -2.42. The molecule has 3 rings (SSSR count). The van der Waals surface area contributed by atoms with Gasteiger partial charge in [-0.05, 0) is 61.3 Å². The fourth-order valence-electron chi connectivity index (χ4n) is 2.82. The minimum atomic E-state index is -0.337. The van der Waals surface area contributed by atoms with Crippen LogP contribution in [0.25, 0.3) is 0 Å². The summed E-state index contributed by atoms with van der Waals surface area (Å²) >= 11 is 0. The molecule has 3 heteroatoms. The molecule has 0 atom stereocenters. The smallest absolute Gasteiger partial charge is 0.126 e. The molecule has 2 fully saturated rings. The molecule has 2 saturated carbocycles. The highest BCUT2D eigenvalue weighted by atomic mass is 19.1. The average Bonchev–Trinajstić information content (AvgIpc) is 3.10. The Hall–Kier alpha value is -0.960. The van der Waals surface area contributed by atoms with Crippen molar-refractivity contribution in [1.29, 1.82) is 0 Å². The quantitative estimate of drug-likeness (QED) is 0.845. The van der Waals surface area contributed by atoms with Gasteiger partial charge in [0, 0.05) is 12.6 Å². The van der Waals surface area contributed by atoms with E-state index in [9.17, 15) is 8.78 Å². The van der Waals surface area contributed by atoms with Gasteiger partial charge in [-0.2, -0.15) is 0 Å². The van der Waals surface area contributed by atoms with Gasteiger partial charge in [-0.15, -0.1) is 0 Å². The second-order valence-corrected chi connectivity index (χ2v) is 5.92. The molecule has 1 aromatic carbocycles. The molecule has 0 unspecified atom stereocenters. The summed E-state index contributed by atoms with van der Waals surface area (Å²) in [5.74, 6) is -0.606. The van der Waals surface area contributed by atoms with Crippen molar-refractivity contribution < 1.29 is 8.78 Å². The molecular formula is C15H19F2N. The molecule has 0 aliphatic heterocycles. The number of halogens is 2. The number of nitrogens with one attached hydrogen (secondary N) is 1. The zero-order valence-corrected chi connectivity index (χ0v) is 10.5. The third-order valence-corrected chi connectivity index (χ3v) is 4.33. The van der Waals surface area contributed by atoms with Gasteiger partial charge in [-0.3, -0.25) is 0 Å². The van der Waals surface area contributed by atoms with Crippen LogP contribution in [0.5, 0.6) is 0 Å². The normalized spacial score (nSPS) is 21.7. The molecule has 1 N–H and O–H groups in total. The van der Waals surface area contributed by atoms with Crippen LogP contribution in [0, 0.1) is 17.0 Å². The molecule has 2 aliphatic carbocycles. The van der Waals surface area contributed by atoms with Gasteiger partial charge in [0.1, 0.15) is 11.6 Å². The van der Waals surface area contributed by atoms with E-state index < -0.39 is 0 Å². The largest absolute Gasteiger partial charge is 0.313 e. The van der Waals surface area contributed by atoms with E-state index in [4.69, 9.17) is 0 Å². The van der Waals surface area contributed by atoms with Crippen LogP contribution in [0.2, 0.25) is 0 Å². The Balaban J connectivity index is 1.69.